The molecular formula is C10H15N5O3S. The number of rotatable bonds is 4. The molecule has 9 heteroatoms. The van der Waals surface area contributed by atoms with Gasteiger partial charge in [-0.15, -0.1) is 0 Å². The molecule has 1 fully saturated rings. The normalized spacial score (nSPS) is 17.7. The van der Waals surface area contributed by atoms with Crippen LogP contribution in [0.1, 0.15) is 32.1 Å². The number of amides is 2. The van der Waals surface area contributed by atoms with E-state index in [-0.39, 0.29) is 11.0 Å². The first-order chi connectivity index (χ1) is 9.16. The lowest BCUT2D eigenvalue weighted by Crippen LogP contribution is -2.48. The summed E-state index contributed by atoms with van der Waals surface area (Å²) >= 11 is 0.931. The van der Waals surface area contributed by atoms with Crippen LogP contribution in [0.15, 0.2) is 0 Å². The quantitative estimate of drug-likeness (QED) is 0.762. The number of carbonyl (C=O) groups is 2. The van der Waals surface area contributed by atoms with Gasteiger partial charge in [0.2, 0.25) is 5.13 Å². The number of urea groups is 1. The largest absolute Gasteiger partial charge is 0.480 e. The van der Waals surface area contributed by atoms with Crippen molar-refractivity contribution in [3.8, 4) is 0 Å². The van der Waals surface area contributed by atoms with Crippen LogP contribution in [0.2, 0.25) is 0 Å². The number of carbonyl (C=O) groups excluding carboxylic acids is 1. The number of carboxylic acid groups (broad SMARTS) is 1. The van der Waals surface area contributed by atoms with Crippen molar-refractivity contribution >= 4 is 28.7 Å². The average molecular weight is 285 g/mol. The van der Waals surface area contributed by atoms with Gasteiger partial charge >= 0.3 is 12.0 Å². The van der Waals surface area contributed by atoms with Gasteiger partial charge in [0.15, 0.2) is 0 Å². The van der Waals surface area contributed by atoms with Gasteiger partial charge < -0.3 is 10.4 Å². The monoisotopic (exact) mass is 285 g/mol. The Kier molecular flexibility index (Phi) is 4.61. The molecule has 0 saturated heterocycles. The molecular weight excluding hydrogens is 270 g/mol. The Labute approximate surface area is 113 Å². The number of carboxylic acids is 1. The van der Waals surface area contributed by atoms with Gasteiger partial charge in [-0.1, -0.05) is 28.8 Å². The fourth-order valence-electron chi connectivity index (χ4n) is 2.31. The fraction of sp³-hybridized carbons (Fsp3) is 0.700. The Morgan fingerprint density at radius 1 is 1.32 bits per heavy atom. The summed E-state index contributed by atoms with van der Waals surface area (Å²) in [6.45, 7) is 0. The van der Waals surface area contributed by atoms with Crippen LogP contribution < -0.4 is 10.6 Å². The van der Waals surface area contributed by atoms with Crippen molar-refractivity contribution in [1.82, 2.24) is 20.1 Å². The SMILES string of the molecule is O=C(Nc1nnns1)NC(C(=O)O)C1CCCCC1. The zero-order valence-electron chi connectivity index (χ0n) is 10.2. The van der Waals surface area contributed by atoms with Crippen LogP contribution in [0.3, 0.4) is 0 Å². The highest BCUT2D eigenvalue weighted by molar-refractivity contribution is 7.09. The molecule has 1 unspecified atom stereocenters. The van der Waals surface area contributed by atoms with E-state index in [1.807, 2.05) is 0 Å². The van der Waals surface area contributed by atoms with Gasteiger partial charge in [0.25, 0.3) is 0 Å². The molecule has 8 nitrogen and oxygen atoms in total. The minimum absolute atomic E-state index is 0.00968. The van der Waals surface area contributed by atoms with Crippen LogP contribution in [0.5, 0.6) is 0 Å². The first-order valence-electron chi connectivity index (χ1n) is 6.12. The molecule has 0 bridgehead atoms. The summed E-state index contributed by atoms with van der Waals surface area (Å²) in [6, 6.07) is -1.45. The Balaban J connectivity index is 1.92. The Bertz CT molecular complexity index is 432. The second kappa shape index (κ2) is 6.41. The standard InChI is InChI=1S/C10H15N5O3S/c16-8(17)7(6-4-2-1-3-5-6)11-9(18)12-10-13-14-15-19-10/h6-7H,1-5H2,(H,16,17)(H2,11,12,13,15,18). The topological polar surface area (TPSA) is 117 Å². The smallest absolute Gasteiger partial charge is 0.326 e. The number of nitrogens with zero attached hydrogens (tertiary/aromatic N) is 3. The molecule has 1 aromatic rings. The number of aliphatic carboxylic acids is 1. The van der Waals surface area contributed by atoms with Gasteiger partial charge in [-0.05, 0) is 24.0 Å². The molecule has 19 heavy (non-hydrogen) atoms. The van der Waals surface area contributed by atoms with Crippen molar-refractivity contribution in [3.05, 3.63) is 0 Å². The Morgan fingerprint density at radius 3 is 2.63 bits per heavy atom. The van der Waals surface area contributed by atoms with Crippen LogP contribution in [0, 0.1) is 5.92 Å². The third-order valence-corrected chi connectivity index (χ3v) is 3.71. The van der Waals surface area contributed by atoms with Crippen molar-refractivity contribution in [2.75, 3.05) is 5.32 Å². The van der Waals surface area contributed by atoms with E-state index in [4.69, 9.17) is 0 Å². The highest BCUT2D eigenvalue weighted by Crippen LogP contribution is 2.26. The molecule has 104 valence electrons. The van der Waals surface area contributed by atoms with Gasteiger partial charge in [-0.2, -0.15) is 0 Å². The van der Waals surface area contributed by atoms with E-state index in [1.54, 1.807) is 0 Å². The van der Waals surface area contributed by atoms with Gasteiger partial charge in [-0.25, -0.2) is 9.59 Å². The maximum absolute atomic E-state index is 11.7. The first kappa shape index (κ1) is 13.7. The van der Waals surface area contributed by atoms with E-state index >= 15 is 0 Å². The van der Waals surface area contributed by atoms with Gasteiger partial charge in [0.1, 0.15) is 6.04 Å². The van der Waals surface area contributed by atoms with Crippen LogP contribution in [-0.2, 0) is 4.79 Å². The number of aromatic nitrogens is 3. The van der Waals surface area contributed by atoms with Gasteiger partial charge in [-0.3, -0.25) is 5.32 Å². The summed E-state index contributed by atoms with van der Waals surface area (Å²) in [7, 11) is 0. The second-order valence-electron chi connectivity index (χ2n) is 4.48. The predicted octanol–water partition coefficient (Wildman–Crippen LogP) is 1.09. The summed E-state index contributed by atoms with van der Waals surface area (Å²) in [5.74, 6) is -1.01. The van der Waals surface area contributed by atoms with Crippen molar-refractivity contribution in [2.45, 2.75) is 38.1 Å². The molecule has 1 saturated carbocycles. The highest BCUT2D eigenvalue weighted by atomic mass is 32.1. The van der Waals surface area contributed by atoms with E-state index in [0.717, 1.165) is 43.6 Å². The number of hydrogen-bond acceptors (Lipinski definition) is 6. The van der Waals surface area contributed by atoms with E-state index < -0.39 is 18.0 Å². The molecule has 1 heterocycles. The molecule has 1 aromatic heterocycles. The van der Waals surface area contributed by atoms with E-state index in [2.05, 4.69) is 25.4 Å². The van der Waals surface area contributed by atoms with Crippen LogP contribution in [0.4, 0.5) is 9.93 Å². The number of nitrogens with one attached hydrogen (secondary N) is 2. The summed E-state index contributed by atoms with van der Waals surface area (Å²) < 4.78 is 3.50. The molecule has 1 aliphatic carbocycles. The second-order valence-corrected chi connectivity index (χ2v) is 5.21. The third-order valence-electron chi connectivity index (χ3n) is 3.19. The van der Waals surface area contributed by atoms with Crippen LogP contribution in [-0.4, -0.2) is 37.9 Å². The Morgan fingerprint density at radius 2 is 2.05 bits per heavy atom. The van der Waals surface area contributed by atoms with E-state index in [0.29, 0.717) is 0 Å². The zero-order valence-corrected chi connectivity index (χ0v) is 11.0. The minimum atomic E-state index is -1.00. The molecule has 1 aliphatic rings. The van der Waals surface area contributed by atoms with E-state index in [1.165, 1.54) is 0 Å². The van der Waals surface area contributed by atoms with Crippen molar-refractivity contribution < 1.29 is 14.7 Å². The molecule has 0 aliphatic heterocycles. The number of hydrogen-bond donors (Lipinski definition) is 3. The molecule has 2 rings (SSSR count). The molecule has 0 spiro atoms. The molecule has 0 aromatic carbocycles. The predicted molar refractivity (Wildman–Crippen MR) is 67.9 cm³/mol. The lowest BCUT2D eigenvalue weighted by Gasteiger charge is -2.27. The van der Waals surface area contributed by atoms with Crippen LogP contribution in [0.25, 0.3) is 0 Å². The zero-order chi connectivity index (χ0) is 13.7. The lowest BCUT2D eigenvalue weighted by molar-refractivity contribution is -0.141. The molecule has 1 atom stereocenters. The Hall–Kier alpha value is -1.77. The molecule has 2 amide bonds. The number of anilines is 1. The fourth-order valence-corrected chi connectivity index (χ4v) is 2.67. The summed E-state index contributed by atoms with van der Waals surface area (Å²) in [5, 5.41) is 21.3. The molecule has 0 radical (unpaired) electrons. The summed E-state index contributed by atoms with van der Waals surface area (Å²) in [5.41, 5.74) is 0. The summed E-state index contributed by atoms with van der Waals surface area (Å²) in [6.07, 6.45) is 4.82. The van der Waals surface area contributed by atoms with Gasteiger partial charge in [0.05, 0.1) is 0 Å². The van der Waals surface area contributed by atoms with Gasteiger partial charge in [0, 0.05) is 11.5 Å². The van der Waals surface area contributed by atoms with Crippen molar-refractivity contribution in [1.29, 1.82) is 0 Å². The van der Waals surface area contributed by atoms with Crippen molar-refractivity contribution in [3.63, 3.8) is 0 Å². The first-order valence-corrected chi connectivity index (χ1v) is 6.89. The van der Waals surface area contributed by atoms with E-state index in [9.17, 15) is 14.7 Å². The maximum Gasteiger partial charge on any atom is 0.326 e. The van der Waals surface area contributed by atoms with Crippen molar-refractivity contribution in [2.24, 2.45) is 5.92 Å². The molecule has 3 N–H and O–H groups in total. The maximum atomic E-state index is 11.7. The average Bonchev–Trinajstić information content (AvgIpc) is 2.89. The third kappa shape index (κ3) is 3.85. The minimum Gasteiger partial charge on any atom is -0.480 e. The summed E-state index contributed by atoms with van der Waals surface area (Å²) in [4.78, 5) is 22.9. The lowest BCUT2D eigenvalue weighted by atomic mass is 9.84. The highest BCUT2D eigenvalue weighted by Gasteiger charge is 2.30. The van der Waals surface area contributed by atoms with Crippen LogP contribution >= 0.6 is 11.5 Å².